The fourth-order valence-electron chi connectivity index (χ4n) is 1.18. The molecule has 0 fully saturated rings. The molecule has 8 heteroatoms. The quantitative estimate of drug-likeness (QED) is 0.654. The number of halogens is 2. The van der Waals surface area contributed by atoms with Crippen molar-refractivity contribution in [2.75, 3.05) is 0 Å². The zero-order chi connectivity index (χ0) is 13.9. The number of nitrogens with one attached hydrogen (secondary N) is 1. The van der Waals surface area contributed by atoms with Gasteiger partial charge in [-0.25, -0.2) is 8.78 Å². The molecule has 0 aliphatic heterocycles. The van der Waals surface area contributed by atoms with Crippen molar-refractivity contribution in [2.24, 2.45) is 0 Å². The highest BCUT2D eigenvalue weighted by Gasteiger charge is 2.24. The van der Waals surface area contributed by atoms with Gasteiger partial charge in [-0.05, 0) is 13.0 Å². The molecule has 1 aromatic rings. The molecule has 0 radical (unpaired) electrons. The highest BCUT2D eigenvalue weighted by molar-refractivity contribution is 5.98. The number of nitro groups is 1. The molecule has 0 aromatic heterocycles. The van der Waals surface area contributed by atoms with Crippen LogP contribution in [0.25, 0.3) is 0 Å². The summed E-state index contributed by atoms with van der Waals surface area (Å²) in [6.07, 6.45) is 0. The predicted molar refractivity (Wildman–Crippen MR) is 55.6 cm³/mol. The first kappa shape index (κ1) is 13.5. The minimum Gasteiger partial charge on any atom is -0.336 e. The molecule has 1 N–H and O–H groups in total. The Labute approximate surface area is 100.0 Å². The summed E-state index contributed by atoms with van der Waals surface area (Å²) >= 11 is 0. The van der Waals surface area contributed by atoms with Crippen molar-refractivity contribution in [2.45, 2.75) is 13.0 Å². The normalized spacial score (nSPS) is 11.4. The maximum Gasteiger partial charge on any atom is 0.285 e. The van der Waals surface area contributed by atoms with Gasteiger partial charge in [-0.2, -0.15) is 5.26 Å². The predicted octanol–water partition coefficient (Wildman–Crippen LogP) is 1.51. The fraction of sp³-hybridized carbons (Fsp3) is 0.200. The monoisotopic (exact) mass is 255 g/mol. The number of nitro benzene ring substituents is 1. The number of nitrogens with zero attached hydrogens (tertiary/aromatic N) is 2. The van der Waals surface area contributed by atoms with Crippen molar-refractivity contribution in [3.8, 4) is 6.07 Å². The maximum atomic E-state index is 13.0. The van der Waals surface area contributed by atoms with Crippen molar-refractivity contribution in [1.29, 1.82) is 5.26 Å². The summed E-state index contributed by atoms with van der Waals surface area (Å²) in [7, 11) is 0. The van der Waals surface area contributed by atoms with E-state index < -0.39 is 39.8 Å². The average Bonchev–Trinajstić information content (AvgIpc) is 2.31. The van der Waals surface area contributed by atoms with E-state index in [1.165, 1.54) is 6.92 Å². The molecule has 0 aliphatic rings. The molecule has 0 aliphatic carbocycles. The van der Waals surface area contributed by atoms with Crippen molar-refractivity contribution < 1.29 is 18.5 Å². The first-order valence-corrected chi connectivity index (χ1v) is 4.70. The number of carbonyl (C=O) groups is 1. The number of hydrogen-bond donors (Lipinski definition) is 1. The van der Waals surface area contributed by atoms with E-state index in [1.54, 1.807) is 6.07 Å². The molecule has 0 saturated heterocycles. The average molecular weight is 255 g/mol. The second-order valence-corrected chi connectivity index (χ2v) is 3.36. The second kappa shape index (κ2) is 5.18. The van der Waals surface area contributed by atoms with Crippen LogP contribution in [0.15, 0.2) is 12.1 Å². The Hall–Kier alpha value is -2.56. The number of rotatable bonds is 3. The first-order chi connectivity index (χ1) is 8.36. The Balaban J connectivity index is 3.23. The fourth-order valence-corrected chi connectivity index (χ4v) is 1.18. The highest BCUT2D eigenvalue weighted by atomic mass is 19.2. The third-order valence-electron chi connectivity index (χ3n) is 2.02. The lowest BCUT2D eigenvalue weighted by atomic mass is 10.1. The van der Waals surface area contributed by atoms with Gasteiger partial charge in [-0.15, -0.1) is 0 Å². The van der Waals surface area contributed by atoms with Crippen LogP contribution in [0.1, 0.15) is 17.3 Å². The largest absolute Gasteiger partial charge is 0.336 e. The van der Waals surface area contributed by atoms with Crippen LogP contribution in [0.3, 0.4) is 0 Å². The third-order valence-corrected chi connectivity index (χ3v) is 2.02. The topological polar surface area (TPSA) is 96.0 Å². The second-order valence-electron chi connectivity index (χ2n) is 3.36. The number of nitriles is 1. The van der Waals surface area contributed by atoms with Gasteiger partial charge in [0, 0.05) is 0 Å². The number of carbonyl (C=O) groups excluding carboxylic acids is 1. The Morgan fingerprint density at radius 3 is 2.56 bits per heavy atom. The van der Waals surface area contributed by atoms with Crippen molar-refractivity contribution in [1.82, 2.24) is 5.32 Å². The van der Waals surface area contributed by atoms with E-state index in [0.29, 0.717) is 12.1 Å². The van der Waals surface area contributed by atoms with Crippen LogP contribution in [0, 0.1) is 33.1 Å². The molecule has 1 aromatic carbocycles. The SMILES string of the molecule is CC(C#N)NC(=O)c1cc(F)c(F)cc1[N+](=O)[O-]. The van der Waals surface area contributed by atoms with Crippen molar-refractivity contribution in [3.63, 3.8) is 0 Å². The van der Waals surface area contributed by atoms with Crippen LogP contribution in [0.2, 0.25) is 0 Å². The molecule has 1 amide bonds. The van der Waals surface area contributed by atoms with E-state index in [1.807, 2.05) is 0 Å². The standard InChI is InChI=1S/C10H7F2N3O3/c1-5(4-13)14-10(16)6-2-7(11)8(12)3-9(6)15(17)18/h2-3,5H,1H3,(H,14,16). The lowest BCUT2D eigenvalue weighted by molar-refractivity contribution is -0.385. The summed E-state index contributed by atoms with van der Waals surface area (Å²) in [5.74, 6) is -3.82. The van der Waals surface area contributed by atoms with Gasteiger partial charge in [0.1, 0.15) is 11.6 Å². The summed E-state index contributed by atoms with van der Waals surface area (Å²) in [5.41, 5.74) is -1.50. The van der Waals surface area contributed by atoms with E-state index in [9.17, 15) is 23.7 Å². The lowest BCUT2D eigenvalue weighted by Crippen LogP contribution is -2.31. The maximum absolute atomic E-state index is 13.0. The van der Waals surface area contributed by atoms with Gasteiger partial charge in [0.25, 0.3) is 11.6 Å². The Morgan fingerprint density at radius 1 is 1.50 bits per heavy atom. The van der Waals surface area contributed by atoms with Gasteiger partial charge < -0.3 is 5.32 Å². The van der Waals surface area contributed by atoms with Crippen LogP contribution in [0.5, 0.6) is 0 Å². The highest BCUT2D eigenvalue weighted by Crippen LogP contribution is 2.22. The summed E-state index contributed by atoms with van der Waals surface area (Å²) < 4.78 is 25.8. The molecule has 6 nitrogen and oxygen atoms in total. The molecule has 1 atom stereocenters. The lowest BCUT2D eigenvalue weighted by Gasteiger charge is -2.07. The van der Waals surface area contributed by atoms with Crippen LogP contribution < -0.4 is 5.32 Å². The minimum absolute atomic E-state index is 0.321. The number of hydrogen-bond acceptors (Lipinski definition) is 4. The van der Waals surface area contributed by atoms with Gasteiger partial charge in [0.15, 0.2) is 11.6 Å². The van der Waals surface area contributed by atoms with E-state index in [2.05, 4.69) is 5.32 Å². The molecule has 94 valence electrons. The molecule has 0 spiro atoms. The summed E-state index contributed by atoms with van der Waals surface area (Å²) in [4.78, 5) is 21.2. The van der Waals surface area contributed by atoms with E-state index in [0.717, 1.165) is 0 Å². The molecule has 1 unspecified atom stereocenters. The van der Waals surface area contributed by atoms with Crippen molar-refractivity contribution >= 4 is 11.6 Å². The Morgan fingerprint density at radius 2 is 2.06 bits per heavy atom. The van der Waals surface area contributed by atoms with Gasteiger partial charge in [-0.1, -0.05) is 0 Å². The summed E-state index contributed by atoms with van der Waals surface area (Å²) in [6, 6.07) is 1.50. The van der Waals surface area contributed by atoms with Crippen LogP contribution in [-0.4, -0.2) is 16.9 Å². The third kappa shape index (κ3) is 2.76. The number of benzene rings is 1. The molecule has 0 heterocycles. The van der Waals surface area contributed by atoms with E-state index >= 15 is 0 Å². The zero-order valence-electron chi connectivity index (χ0n) is 9.11. The van der Waals surface area contributed by atoms with Crippen molar-refractivity contribution in [3.05, 3.63) is 39.4 Å². The minimum atomic E-state index is -1.42. The summed E-state index contributed by atoms with van der Waals surface area (Å²) in [6.45, 7) is 1.34. The van der Waals surface area contributed by atoms with Crippen LogP contribution in [0.4, 0.5) is 14.5 Å². The van der Waals surface area contributed by atoms with Gasteiger partial charge in [-0.3, -0.25) is 14.9 Å². The Bertz CT molecular complexity index is 554. The molecule has 0 bridgehead atoms. The molecule has 0 saturated carbocycles. The zero-order valence-corrected chi connectivity index (χ0v) is 9.11. The van der Waals surface area contributed by atoms with Gasteiger partial charge >= 0.3 is 0 Å². The summed E-state index contributed by atoms with van der Waals surface area (Å²) in [5, 5.41) is 21.2. The van der Waals surface area contributed by atoms with Gasteiger partial charge in [0.2, 0.25) is 0 Å². The first-order valence-electron chi connectivity index (χ1n) is 4.70. The van der Waals surface area contributed by atoms with E-state index in [-0.39, 0.29) is 0 Å². The Kier molecular flexibility index (Phi) is 3.89. The number of amides is 1. The van der Waals surface area contributed by atoms with Crippen LogP contribution >= 0.6 is 0 Å². The molecule has 1 rings (SSSR count). The van der Waals surface area contributed by atoms with Crippen LogP contribution in [-0.2, 0) is 0 Å². The molecular formula is C10H7F2N3O3. The molecular weight excluding hydrogens is 248 g/mol. The van der Waals surface area contributed by atoms with Gasteiger partial charge in [0.05, 0.1) is 17.1 Å². The van der Waals surface area contributed by atoms with E-state index in [4.69, 9.17) is 5.26 Å². The smallest absolute Gasteiger partial charge is 0.285 e. The molecule has 18 heavy (non-hydrogen) atoms.